The molecule has 0 aliphatic rings. The van der Waals surface area contributed by atoms with Crippen molar-refractivity contribution in [3.05, 3.63) is 218 Å². The van der Waals surface area contributed by atoms with Gasteiger partial charge in [-0.1, -0.05) is 128 Å². The van der Waals surface area contributed by atoms with E-state index in [9.17, 15) is 0 Å². The molecular formula is C60H39N3S2. The van der Waals surface area contributed by atoms with Crippen LogP contribution in [0.4, 0.5) is 34.1 Å². The highest BCUT2D eigenvalue weighted by molar-refractivity contribution is 7.27. The number of hydrogen-bond donors (Lipinski definition) is 1. The second-order valence-electron chi connectivity index (χ2n) is 16.7. The Morgan fingerprint density at radius 3 is 1.65 bits per heavy atom. The molecule has 13 rings (SSSR count). The smallest absolute Gasteiger partial charge is 0.0652 e. The van der Waals surface area contributed by atoms with E-state index in [2.05, 4.69) is 222 Å². The predicted molar refractivity (Wildman–Crippen MR) is 285 cm³/mol. The monoisotopic (exact) mass is 865 g/mol. The molecule has 5 heteroatoms. The molecule has 65 heavy (non-hydrogen) atoms. The number of nitrogens with one attached hydrogen (secondary N) is 1. The number of nitrogens with zero attached hydrogens (tertiary/aromatic N) is 2. The van der Waals surface area contributed by atoms with Gasteiger partial charge in [0.25, 0.3) is 0 Å². The quantitative estimate of drug-likeness (QED) is 0.146. The minimum Gasteiger partial charge on any atom is -0.353 e. The number of fused-ring (bicyclic) bond motifs is 8. The zero-order valence-electron chi connectivity index (χ0n) is 35.3. The molecule has 1 N–H and O–H groups in total. The highest BCUT2D eigenvalue weighted by Gasteiger charge is 2.23. The second kappa shape index (κ2) is 14.8. The van der Waals surface area contributed by atoms with Crippen LogP contribution >= 0.6 is 22.7 Å². The molecule has 3 nitrogen and oxygen atoms in total. The molecule has 0 saturated heterocycles. The molecule has 306 valence electrons. The number of aromatic amines is 1. The maximum atomic E-state index is 4.11. The molecule has 0 amide bonds. The zero-order valence-corrected chi connectivity index (χ0v) is 36.9. The summed E-state index contributed by atoms with van der Waals surface area (Å²) in [4.78, 5) is 8.67. The summed E-state index contributed by atoms with van der Waals surface area (Å²) < 4.78 is 5.25. The molecule has 0 unspecified atom stereocenters. The van der Waals surface area contributed by atoms with Gasteiger partial charge in [-0.3, -0.25) is 0 Å². The molecular weight excluding hydrogens is 827 g/mol. The first kappa shape index (κ1) is 37.6. The summed E-state index contributed by atoms with van der Waals surface area (Å²) in [7, 11) is 0. The van der Waals surface area contributed by atoms with E-state index < -0.39 is 0 Å². The van der Waals surface area contributed by atoms with Gasteiger partial charge < -0.3 is 14.8 Å². The SMILES string of the molecule is C=Cc1cccc(N(c2ccccc2)c2cc(-c3ccc4c(c3)sc3c4cc4ccc5c6sc7ccccc7c6cc6[nH]c3c4c65)cc(N(c3ccccc3)c3cccc(C=C)c3)c2)c1. The van der Waals surface area contributed by atoms with Gasteiger partial charge in [0.1, 0.15) is 0 Å². The third-order valence-electron chi connectivity index (χ3n) is 12.9. The van der Waals surface area contributed by atoms with Crippen LogP contribution < -0.4 is 9.80 Å². The molecule has 0 aliphatic carbocycles. The van der Waals surface area contributed by atoms with Gasteiger partial charge in [-0.15, -0.1) is 22.7 Å². The van der Waals surface area contributed by atoms with Gasteiger partial charge in [0.05, 0.1) is 10.2 Å². The molecule has 3 aromatic heterocycles. The van der Waals surface area contributed by atoms with Gasteiger partial charge in [0.15, 0.2) is 0 Å². The van der Waals surface area contributed by atoms with Crippen molar-refractivity contribution in [2.24, 2.45) is 0 Å². The van der Waals surface area contributed by atoms with Crippen LogP contribution in [0.25, 0.3) is 96.2 Å². The summed E-state index contributed by atoms with van der Waals surface area (Å²) in [5.74, 6) is 0. The highest BCUT2D eigenvalue weighted by atomic mass is 32.1. The Morgan fingerprint density at radius 2 is 0.969 bits per heavy atom. The van der Waals surface area contributed by atoms with E-state index in [0.29, 0.717) is 0 Å². The normalized spacial score (nSPS) is 11.8. The lowest BCUT2D eigenvalue weighted by atomic mass is 9.97. The lowest BCUT2D eigenvalue weighted by Gasteiger charge is -2.30. The van der Waals surface area contributed by atoms with Crippen molar-refractivity contribution in [1.29, 1.82) is 0 Å². The molecule has 10 aromatic carbocycles. The van der Waals surface area contributed by atoms with E-state index in [1.165, 1.54) is 72.9 Å². The average Bonchev–Trinajstić information content (AvgIpc) is 4.06. The third-order valence-corrected chi connectivity index (χ3v) is 15.4. The Hall–Kier alpha value is -7.96. The van der Waals surface area contributed by atoms with Gasteiger partial charge in [-0.2, -0.15) is 0 Å². The Bertz CT molecular complexity index is 3890. The Morgan fingerprint density at radius 1 is 0.385 bits per heavy atom. The summed E-state index contributed by atoms with van der Waals surface area (Å²) in [6, 6.07) is 70.8. The molecule has 0 radical (unpaired) electrons. The molecule has 0 saturated carbocycles. The molecule has 0 bridgehead atoms. The topological polar surface area (TPSA) is 22.3 Å². The summed E-state index contributed by atoms with van der Waals surface area (Å²) in [6.07, 6.45) is 3.82. The van der Waals surface area contributed by atoms with Crippen molar-refractivity contribution < 1.29 is 0 Å². The first-order valence-corrected chi connectivity index (χ1v) is 23.5. The fourth-order valence-corrected chi connectivity index (χ4v) is 12.4. The van der Waals surface area contributed by atoms with E-state index in [0.717, 1.165) is 56.4 Å². The van der Waals surface area contributed by atoms with Gasteiger partial charge in [0.2, 0.25) is 0 Å². The second-order valence-corrected chi connectivity index (χ2v) is 18.8. The van der Waals surface area contributed by atoms with Crippen LogP contribution in [0.5, 0.6) is 0 Å². The molecule has 3 heterocycles. The zero-order chi connectivity index (χ0) is 43.2. The first-order valence-electron chi connectivity index (χ1n) is 21.9. The summed E-state index contributed by atoms with van der Waals surface area (Å²) >= 11 is 3.79. The van der Waals surface area contributed by atoms with Gasteiger partial charge in [-0.25, -0.2) is 0 Å². The van der Waals surface area contributed by atoms with Crippen molar-refractivity contribution in [2.45, 2.75) is 0 Å². The molecule has 0 spiro atoms. The largest absolute Gasteiger partial charge is 0.353 e. The van der Waals surface area contributed by atoms with E-state index in [4.69, 9.17) is 0 Å². The maximum absolute atomic E-state index is 4.11. The molecule has 0 aliphatic heterocycles. The van der Waals surface area contributed by atoms with Crippen LogP contribution in [0.3, 0.4) is 0 Å². The van der Waals surface area contributed by atoms with E-state index >= 15 is 0 Å². The molecule has 13 aromatic rings. The Labute approximate surface area is 384 Å². The summed E-state index contributed by atoms with van der Waals surface area (Å²) in [6.45, 7) is 8.22. The van der Waals surface area contributed by atoms with Crippen molar-refractivity contribution >= 4 is 142 Å². The summed E-state index contributed by atoms with van der Waals surface area (Å²) in [5, 5.41) is 10.5. The maximum Gasteiger partial charge on any atom is 0.0652 e. The number of rotatable bonds is 9. The standard InChI is InChI=1S/C60H39N3S2/c1-3-37-15-13-21-44(29-37)62(42-17-7-5-8-18-42)46-31-41(32-47(35-46)63(43-19-9-6-10-20-43)45-22-14-16-38(4-2)30-45)39-25-27-49-51-33-40-26-28-50-57-53(61-58(56(40)57)60(51)65-55(49)34-39)36-52-48-23-11-12-24-54(48)64-59(50)52/h3-36,61H,1-2H2. The number of para-hydroxylation sites is 2. The number of hydrogen-bond acceptors (Lipinski definition) is 4. The number of anilines is 6. The lowest BCUT2D eigenvalue weighted by Crippen LogP contribution is -2.13. The van der Waals surface area contributed by atoms with Crippen LogP contribution in [-0.4, -0.2) is 4.98 Å². The number of benzene rings is 10. The summed E-state index contributed by atoms with van der Waals surface area (Å²) in [5.41, 5.74) is 13.1. The van der Waals surface area contributed by atoms with E-state index in [1.54, 1.807) is 0 Å². The number of H-pyrrole nitrogens is 1. The average molecular weight is 866 g/mol. The Balaban J connectivity index is 1.04. The van der Waals surface area contributed by atoms with Crippen LogP contribution in [-0.2, 0) is 0 Å². The van der Waals surface area contributed by atoms with Gasteiger partial charge >= 0.3 is 0 Å². The number of aromatic nitrogens is 1. The fourth-order valence-electron chi connectivity index (χ4n) is 10.00. The van der Waals surface area contributed by atoms with Crippen LogP contribution in [0.2, 0.25) is 0 Å². The first-order chi connectivity index (χ1) is 32.1. The van der Waals surface area contributed by atoms with Crippen molar-refractivity contribution in [3.8, 4) is 11.1 Å². The van der Waals surface area contributed by atoms with Gasteiger partial charge in [-0.05, 0) is 119 Å². The van der Waals surface area contributed by atoms with E-state index in [-0.39, 0.29) is 0 Å². The Kier molecular flexibility index (Phi) is 8.57. The van der Waals surface area contributed by atoms with Crippen molar-refractivity contribution in [3.63, 3.8) is 0 Å². The van der Waals surface area contributed by atoms with Crippen molar-refractivity contribution in [1.82, 2.24) is 4.98 Å². The minimum absolute atomic E-state index is 1.04. The highest BCUT2D eigenvalue weighted by Crippen LogP contribution is 2.49. The van der Waals surface area contributed by atoms with Crippen molar-refractivity contribution in [2.75, 3.05) is 9.80 Å². The molecule has 0 fully saturated rings. The van der Waals surface area contributed by atoms with Crippen LogP contribution in [0.1, 0.15) is 11.1 Å². The van der Waals surface area contributed by atoms with Crippen LogP contribution in [0, 0.1) is 0 Å². The van der Waals surface area contributed by atoms with Gasteiger partial charge in [0, 0.05) is 91.4 Å². The lowest BCUT2D eigenvalue weighted by molar-refractivity contribution is 1.25. The molecule has 0 atom stereocenters. The minimum atomic E-state index is 1.04. The third kappa shape index (κ3) is 6.01. The van der Waals surface area contributed by atoms with Crippen LogP contribution in [0.15, 0.2) is 207 Å². The predicted octanol–water partition coefficient (Wildman–Crippen LogP) is 18.5. The number of thiophene rings is 2. The van der Waals surface area contributed by atoms with E-state index in [1.807, 2.05) is 34.8 Å². The fraction of sp³-hybridized carbons (Fsp3) is 0.